The predicted octanol–water partition coefficient (Wildman–Crippen LogP) is 3.20. The maximum Gasteiger partial charge on any atom is 0.123 e. The number of ether oxygens (including phenoxy) is 1. The van der Waals surface area contributed by atoms with Gasteiger partial charge in [0.05, 0.1) is 7.11 Å². The zero-order valence-corrected chi connectivity index (χ0v) is 12.4. The van der Waals surface area contributed by atoms with Crippen LogP contribution in [0, 0.1) is 6.92 Å². The third-order valence-corrected chi connectivity index (χ3v) is 3.51. The fourth-order valence-electron chi connectivity index (χ4n) is 2.24. The van der Waals surface area contributed by atoms with E-state index in [1.807, 2.05) is 25.3 Å². The molecule has 2 rings (SSSR count). The maximum atomic E-state index is 6.30. The Balaban J connectivity index is 2.16. The van der Waals surface area contributed by atoms with E-state index in [0.29, 0.717) is 6.42 Å². The van der Waals surface area contributed by atoms with Gasteiger partial charge in [-0.1, -0.05) is 25.1 Å². The van der Waals surface area contributed by atoms with Crippen LogP contribution in [0.25, 0.3) is 0 Å². The molecule has 1 heterocycles. The molecule has 0 spiro atoms. The number of nitrogens with two attached hydrogens (primary N) is 1. The number of hydrogen-bond donors (Lipinski definition) is 1. The van der Waals surface area contributed by atoms with Crippen LogP contribution in [0.15, 0.2) is 36.5 Å². The number of pyridine rings is 1. The number of benzene rings is 1. The Bertz CT molecular complexity index is 564. The highest BCUT2D eigenvalue weighted by Crippen LogP contribution is 2.26. The number of hydrogen-bond acceptors (Lipinski definition) is 3. The van der Waals surface area contributed by atoms with Crippen molar-refractivity contribution in [3.8, 4) is 5.75 Å². The molecule has 0 radical (unpaired) electrons. The van der Waals surface area contributed by atoms with Gasteiger partial charge in [-0.3, -0.25) is 4.98 Å². The summed E-state index contributed by atoms with van der Waals surface area (Å²) in [6.07, 6.45) is 3.64. The van der Waals surface area contributed by atoms with Crippen molar-refractivity contribution < 1.29 is 4.74 Å². The minimum Gasteiger partial charge on any atom is -0.496 e. The molecule has 1 aromatic carbocycles. The van der Waals surface area contributed by atoms with Gasteiger partial charge in [0.25, 0.3) is 0 Å². The van der Waals surface area contributed by atoms with Crippen LogP contribution >= 0.6 is 0 Å². The normalized spacial score (nSPS) is 12.2. The molecule has 0 amide bonds. The molecule has 0 bridgehead atoms. The molecule has 1 atom stereocenters. The molecule has 1 unspecified atom stereocenters. The first-order valence-corrected chi connectivity index (χ1v) is 6.98. The highest BCUT2D eigenvalue weighted by molar-refractivity contribution is 5.39. The monoisotopic (exact) mass is 270 g/mol. The summed E-state index contributed by atoms with van der Waals surface area (Å²) in [7, 11) is 1.68. The van der Waals surface area contributed by atoms with Gasteiger partial charge in [-0.05, 0) is 36.6 Å². The summed E-state index contributed by atoms with van der Waals surface area (Å²) in [6, 6.07) is 10.2. The second kappa shape index (κ2) is 6.53. The molecule has 2 N–H and O–H groups in total. The predicted molar refractivity (Wildman–Crippen MR) is 82.0 cm³/mol. The molecule has 0 aliphatic heterocycles. The van der Waals surface area contributed by atoms with Crippen LogP contribution in [0.4, 0.5) is 0 Å². The number of methoxy groups -OCH3 is 1. The molecule has 2 aromatic rings. The van der Waals surface area contributed by atoms with E-state index in [0.717, 1.165) is 23.4 Å². The highest BCUT2D eigenvalue weighted by Gasteiger charge is 2.13. The van der Waals surface area contributed by atoms with Gasteiger partial charge in [-0.25, -0.2) is 0 Å². The lowest BCUT2D eigenvalue weighted by Gasteiger charge is -2.16. The van der Waals surface area contributed by atoms with Crippen molar-refractivity contribution in [2.24, 2.45) is 5.73 Å². The SMILES string of the molecule is CCc1ccc(CC(N)c2ccc(C)cc2OC)nc1. The van der Waals surface area contributed by atoms with E-state index in [-0.39, 0.29) is 6.04 Å². The third kappa shape index (κ3) is 3.36. The minimum atomic E-state index is -0.106. The lowest BCUT2D eigenvalue weighted by molar-refractivity contribution is 0.405. The van der Waals surface area contributed by atoms with Crippen LogP contribution in [0.1, 0.15) is 35.3 Å². The summed E-state index contributed by atoms with van der Waals surface area (Å²) in [5.74, 6) is 0.850. The summed E-state index contributed by atoms with van der Waals surface area (Å²) in [6.45, 7) is 4.17. The summed E-state index contributed by atoms with van der Waals surface area (Å²) >= 11 is 0. The van der Waals surface area contributed by atoms with Crippen LogP contribution < -0.4 is 10.5 Å². The van der Waals surface area contributed by atoms with Gasteiger partial charge in [0.15, 0.2) is 0 Å². The quantitative estimate of drug-likeness (QED) is 0.907. The van der Waals surface area contributed by atoms with Gasteiger partial charge in [0, 0.05) is 29.9 Å². The Morgan fingerprint density at radius 1 is 1.25 bits per heavy atom. The molecule has 0 aliphatic carbocycles. The van der Waals surface area contributed by atoms with Gasteiger partial charge in [0.1, 0.15) is 5.75 Å². The van der Waals surface area contributed by atoms with Gasteiger partial charge in [-0.2, -0.15) is 0 Å². The number of nitrogens with zero attached hydrogens (tertiary/aromatic N) is 1. The second-order valence-electron chi connectivity index (χ2n) is 5.07. The van der Waals surface area contributed by atoms with Crippen molar-refractivity contribution >= 4 is 0 Å². The lowest BCUT2D eigenvalue weighted by atomic mass is 10.00. The zero-order valence-electron chi connectivity index (χ0n) is 12.4. The zero-order chi connectivity index (χ0) is 14.5. The van der Waals surface area contributed by atoms with E-state index < -0.39 is 0 Å². The fourth-order valence-corrected chi connectivity index (χ4v) is 2.24. The summed E-state index contributed by atoms with van der Waals surface area (Å²) in [4.78, 5) is 4.47. The first-order chi connectivity index (χ1) is 9.63. The van der Waals surface area contributed by atoms with Crippen molar-refractivity contribution in [3.05, 3.63) is 58.9 Å². The number of aromatic nitrogens is 1. The molecule has 0 saturated heterocycles. The average Bonchev–Trinajstić information content (AvgIpc) is 2.47. The van der Waals surface area contributed by atoms with E-state index in [1.54, 1.807) is 7.11 Å². The van der Waals surface area contributed by atoms with Crippen molar-refractivity contribution in [2.75, 3.05) is 7.11 Å². The van der Waals surface area contributed by atoms with E-state index in [9.17, 15) is 0 Å². The van der Waals surface area contributed by atoms with Crippen LogP contribution in [-0.2, 0) is 12.8 Å². The third-order valence-electron chi connectivity index (χ3n) is 3.51. The van der Waals surface area contributed by atoms with E-state index in [4.69, 9.17) is 10.5 Å². The maximum absolute atomic E-state index is 6.30. The Kier molecular flexibility index (Phi) is 4.74. The van der Waals surface area contributed by atoms with Crippen LogP contribution in [0.2, 0.25) is 0 Å². The molecule has 3 nitrogen and oxygen atoms in total. The average molecular weight is 270 g/mol. The summed E-state index contributed by atoms with van der Waals surface area (Å²) in [5.41, 5.74) is 10.8. The van der Waals surface area contributed by atoms with E-state index in [2.05, 4.69) is 30.1 Å². The van der Waals surface area contributed by atoms with E-state index in [1.165, 1.54) is 11.1 Å². The van der Waals surface area contributed by atoms with Crippen molar-refractivity contribution in [1.82, 2.24) is 4.98 Å². The molecular weight excluding hydrogens is 248 g/mol. The standard InChI is InChI=1S/C17H22N2O/c1-4-13-6-7-14(19-11-13)10-16(18)15-8-5-12(2)9-17(15)20-3/h5-9,11,16H,4,10,18H2,1-3H3. The molecule has 106 valence electrons. The molecular formula is C17H22N2O. The molecule has 0 aliphatic rings. The fraction of sp³-hybridized carbons (Fsp3) is 0.353. The second-order valence-corrected chi connectivity index (χ2v) is 5.07. The minimum absolute atomic E-state index is 0.106. The van der Waals surface area contributed by atoms with Gasteiger partial charge < -0.3 is 10.5 Å². The molecule has 3 heteroatoms. The summed E-state index contributed by atoms with van der Waals surface area (Å²) in [5, 5.41) is 0. The van der Waals surface area contributed by atoms with Crippen LogP contribution in [0.3, 0.4) is 0 Å². The van der Waals surface area contributed by atoms with Gasteiger partial charge in [-0.15, -0.1) is 0 Å². The Morgan fingerprint density at radius 2 is 2.05 bits per heavy atom. The van der Waals surface area contributed by atoms with Crippen LogP contribution in [-0.4, -0.2) is 12.1 Å². The molecule has 0 saturated carbocycles. The van der Waals surface area contributed by atoms with Crippen molar-refractivity contribution in [2.45, 2.75) is 32.7 Å². The smallest absolute Gasteiger partial charge is 0.123 e. The first-order valence-electron chi connectivity index (χ1n) is 6.98. The Hall–Kier alpha value is -1.87. The first kappa shape index (κ1) is 14.5. The van der Waals surface area contributed by atoms with Crippen molar-refractivity contribution in [3.63, 3.8) is 0 Å². The van der Waals surface area contributed by atoms with Gasteiger partial charge in [0.2, 0.25) is 0 Å². The van der Waals surface area contributed by atoms with Crippen LogP contribution in [0.5, 0.6) is 5.75 Å². The molecule has 0 fully saturated rings. The van der Waals surface area contributed by atoms with Gasteiger partial charge >= 0.3 is 0 Å². The Morgan fingerprint density at radius 3 is 2.65 bits per heavy atom. The largest absolute Gasteiger partial charge is 0.496 e. The number of aryl methyl sites for hydroxylation is 2. The molecule has 20 heavy (non-hydrogen) atoms. The number of rotatable bonds is 5. The Labute approximate surface area is 120 Å². The summed E-state index contributed by atoms with van der Waals surface area (Å²) < 4.78 is 5.42. The molecule has 1 aromatic heterocycles. The van der Waals surface area contributed by atoms with Crippen molar-refractivity contribution in [1.29, 1.82) is 0 Å². The lowest BCUT2D eigenvalue weighted by Crippen LogP contribution is -2.15. The highest BCUT2D eigenvalue weighted by atomic mass is 16.5. The van der Waals surface area contributed by atoms with E-state index >= 15 is 0 Å². The topological polar surface area (TPSA) is 48.1 Å².